The Morgan fingerprint density at radius 2 is 2.11 bits per heavy atom. The molecule has 0 fully saturated rings. The van der Waals surface area contributed by atoms with Gasteiger partial charge in [-0.2, -0.15) is 0 Å². The van der Waals surface area contributed by atoms with Gasteiger partial charge in [0.1, 0.15) is 0 Å². The number of aromatic carboxylic acids is 1. The molecule has 7 nitrogen and oxygen atoms in total. The average Bonchev–Trinajstić information content (AvgIpc) is 2.78. The minimum Gasteiger partial charge on any atom is -0.478 e. The molecule has 1 heterocycles. The monoisotopic (exact) mass is 260 g/mol. The zero-order valence-corrected chi connectivity index (χ0v) is 10.4. The minimum atomic E-state index is -1.05. The van der Waals surface area contributed by atoms with Crippen LogP contribution in [0.15, 0.2) is 24.4 Å². The molecule has 0 radical (unpaired) electrons. The molecule has 98 valence electrons. The van der Waals surface area contributed by atoms with Gasteiger partial charge < -0.3 is 10.4 Å². The minimum absolute atomic E-state index is 0.111. The first kappa shape index (κ1) is 12.7. The summed E-state index contributed by atoms with van der Waals surface area (Å²) in [7, 11) is 1.65. The fraction of sp³-hybridized carbons (Fsp3) is 0.167. The van der Waals surface area contributed by atoms with Gasteiger partial charge in [-0.25, -0.2) is 4.79 Å². The number of nitrogens with zero attached hydrogens (tertiary/aromatic N) is 3. The van der Waals surface area contributed by atoms with Crippen LogP contribution in [0.25, 0.3) is 0 Å². The maximum Gasteiger partial charge on any atom is 0.335 e. The Hall–Kier alpha value is -2.70. The molecule has 2 rings (SSSR count). The van der Waals surface area contributed by atoms with Crippen LogP contribution < -0.4 is 5.32 Å². The fourth-order valence-electron chi connectivity index (χ4n) is 1.53. The van der Waals surface area contributed by atoms with E-state index in [-0.39, 0.29) is 11.3 Å². The van der Waals surface area contributed by atoms with E-state index < -0.39 is 11.9 Å². The second kappa shape index (κ2) is 4.89. The fourth-order valence-corrected chi connectivity index (χ4v) is 1.53. The van der Waals surface area contributed by atoms with Crippen molar-refractivity contribution in [2.24, 2.45) is 7.05 Å². The van der Waals surface area contributed by atoms with Crippen molar-refractivity contribution in [3.05, 3.63) is 41.2 Å². The Labute approximate surface area is 108 Å². The number of carbonyl (C=O) groups excluding carboxylic acids is 1. The van der Waals surface area contributed by atoms with Crippen LogP contribution in [0.2, 0.25) is 0 Å². The van der Waals surface area contributed by atoms with Crippen molar-refractivity contribution in [1.29, 1.82) is 0 Å². The molecule has 2 N–H and O–H groups in total. The molecule has 7 heteroatoms. The summed E-state index contributed by atoms with van der Waals surface area (Å²) >= 11 is 0. The number of carbonyl (C=O) groups is 2. The predicted molar refractivity (Wildman–Crippen MR) is 67.1 cm³/mol. The third kappa shape index (κ3) is 2.76. The molecule has 19 heavy (non-hydrogen) atoms. The van der Waals surface area contributed by atoms with Crippen LogP contribution in [-0.4, -0.2) is 32.0 Å². The van der Waals surface area contributed by atoms with Gasteiger partial charge in [-0.15, -0.1) is 5.10 Å². The molecule has 0 aliphatic heterocycles. The summed E-state index contributed by atoms with van der Waals surface area (Å²) in [5.41, 5.74) is 1.49. The van der Waals surface area contributed by atoms with Crippen molar-refractivity contribution in [3.63, 3.8) is 0 Å². The Kier molecular flexibility index (Phi) is 3.28. The molecule has 0 atom stereocenters. The van der Waals surface area contributed by atoms with Crippen molar-refractivity contribution in [2.75, 3.05) is 5.32 Å². The van der Waals surface area contributed by atoms with E-state index in [1.165, 1.54) is 23.0 Å². The van der Waals surface area contributed by atoms with Gasteiger partial charge >= 0.3 is 5.97 Å². The maximum absolute atomic E-state index is 11.9. The summed E-state index contributed by atoms with van der Waals surface area (Å²) in [6.45, 7) is 1.78. The van der Waals surface area contributed by atoms with Gasteiger partial charge in [-0.3, -0.25) is 9.48 Å². The molecule has 0 aliphatic carbocycles. The van der Waals surface area contributed by atoms with Crippen LogP contribution in [-0.2, 0) is 7.05 Å². The van der Waals surface area contributed by atoms with Gasteiger partial charge in [0, 0.05) is 12.7 Å². The van der Waals surface area contributed by atoms with Gasteiger partial charge in [-0.05, 0) is 24.6 Å². The van der Waals surface area contributed by atoms with Crippen molar-refractivity contribution in [1.82, 2.24) is 15.0 Å². The molecule has 1 aromatic heterocycles. The summed E-state index contributed by atoms with van der Waals surface area (Å²) in [5, 5.41) is 18.9. The van der Waals surface area contributed by atoms with Crippen molar-refractivity contribution in [3.8, 4) is 0 Å². The number of rotatable bonds is 3. The number of hydrogen-bond donors (Lipinski definition) is 2. The van der Waals surface area contributed by atoms with E-state index in [2.05, 4.69) is 15.6 Å². The van der Waals surface area contributed by atoms with Gasteiger partial charge in [0.05, 0.1) is 11.8 Å². The van der Waals surface area contributed by atoms with E-state index in [9.17, 15) is 9.59 Å². The van der Waals surface area contributed by atoms with E-state index in [4.69, 9.17) is 5.11 Å². The number of carboxylic acids is 1. The molecule has 1 aromatic carbocycles. The lowest BCUT2D eigenvalue weighted by Gasteiger charge is -2.07. The van der Waals surface area contributed by atoms with Crippen LogP contribution in [0, 0.1) is 6.92 Å². The first-order chi connectivity index (χ1) is 8.97. The number of benzene rings is 1. The number of aromatic nitrogens is 3. The third-order valence-corrected chi connectivity index (χ3v) is 2.57. The zero-order chi connectivity index (χ0) is 14.0. The molecule has 0 saturated carbocycles. The summed E-state index contributed by atoms with van der Waals surface area (Å²) in [4.78, 5) is 22.8. The van der Waals surface area contributed by atoms with E-state index >= 15 is 0 Å². The normalized spacial score (nSPS) is 10.2. The predicted octanol–water partition coefficient (Wildman–Crippen LogP) is 1.07. The Bertz CT molecular complexity index is 648. The smallest absolute Gasteiger partial charge is 0.335 e. The molecule has 0 bridgehead atoms. The van der Waals surface area contributed by atoms with Gasteiger partial charge in [0.2, 0.25) is 0 Å². The molecular formula is C12H12N4O3. The zero-order valence-electron chi connectivity index (χ0n) is 10.4. The Morgan fingerprint density at radius 3 is 2.68 bits per heavy atom. The highest BCUT2D eigenvalue weighted by Crippen LogP contribution is 2.17. The third-order valence-electron chi connectivity index (χ3n) is 2.57. The molecule has 0 unspecified atom stereocenters. The van der Waals surface area contributed by atoms with Crippen LogP contribution >= 0.6 is 0 Å². The quantitative estimate of drug-likeness (QED) is 0.860. The number of nitrogens with one attached hydrogen (secondary N) is 1. The molecular weight excluding hydrogens is 248 g/mol. The van der Waals surface area contributed by atoms with E-state index in [0.29, 0.717) is 5.69 Å². The van der Waals surface area contributed by atoms with E-state index in [1.54, 1.807) is 20.0 Å². The highest BCUT2D eigenvalue weighted by Gasteiger charge is 2.13. The van der Waals surface area contributed by atoms with Crippen LogP contribution in [0.3, 0.4) is 0 Å². The van der Waals surface area contributed by atoms with E-state index in [0.717, 1.165) is 5.56 Å². The first-order valence-corrected chi connectivity index (χ1v) is 5.49. The number of hydrogen-bond acceptors (Lipinski definition) is 4. The standard InChI is InChI=1S/C12H12N4O3/c1-7-3-4-8(12(18)19)5-9(7)13-11(17)10-6-16(2)15-14-10/h3-6H,1-2H3,(H,13,17)(H,18,19). The molecule has 0 aliphatic rings. The maximum atomic E-state index is 11.9. The van der Waals surface area contributed by atoms with Crippen molar-refractivity contribution in [2.45, 2.75) is 6.92 Å². The van der Waals surface area contributed by atoms with E-state index in [1.807, 2.05) is 0 Å². The highest BCUT2D eigenvalue weighted by atomic mass is 16.4. The van der Waals surface area contributed by atoms with Crippen LogP contribution in [0.4, 0.5) is 5.69 Å². The lowest BCUT2D eigenvalue weighted by Crippen LogP contribution is -2.14. The highest BCUT2D eigenvalue weighted by molar-refractivity contribution is 6.03. The first-order valence-electron chi connectivity index (χ1n) is 5.49. The summed E-state index contributed by atoms with van der Waals surface area (Å²) < 4.78 is 1.41. The molecule has 0 spiro atoms. The Balaban J connectivity index is 2.25. The lowest BCUT2D eigenvalue weighted by atomic mass is 10.1. The van der Waals surface area contributed by atoms with Crippen LogP contribution in [0.1, 0.15) is 26.4 Å². The lowest BCUT2D eigenvalue weighted by molar-refractivity contribution is 0.0696. The summed E-state index contributed by atoms with van der Waals surface area (Å²) in [6, 6.07) is 4.53. The summed E-state index contributed by atoms with van der Waals surface area (Å²) in [5.74, 6) is -1.48. The van der Waals surface area contributed by atoms with Crippen LogP contribution in [0.5, 0.6) is 0 Å². The van der Waals surface area contributed by atoms with Gasteiger partial charge in [0.25, 0.3) is 5.91 Å². The topological polar surface area (TPSA) is 97.1 Å². The summed E-state index contributed by atoms with van der Waals surface area (Å²) in [6.07, 6.45) is 1.48. The largest absolute Gasteiger partial charge is 0.478 e. The molecule has 0 saturated heterocycles. The average molecular weight is 260 g/mol. The molecule has 1 amide bonds. The number of amides is 1. The van der Waals surface area contributed by atoms with Crippen molar-refractivity contribution >= 4 is 17.6 Å². The number of carboxylic acid groups (broad SMARTS) is 1. The van der Waals surface area contributed by atoms with Gasteiger partial charge in [0.15, 0.2) is 5.69 Å². The Morgan fingerprint density at radius 1 is 1.37 bits per heavy atom. The number of aryl methyl sites for hydroxylation is 2. The second-order valence-electron chi connectivity index (χ2n) is 4.07. The van der Waals surface area contributed by atoms with Gasteiger partial charge in [-0.1, -0.05) is 11.3 Å². The SMILES string of the molecule is Cc1ccc(C(=O)O)cc1NC(=O)c1cn(C)nn1. The van der Waals surface area contributed by atoms with Crippen molar-refractivity contribution < 1.29 is 14.7 Å². The molecule has 2 aromatic rings. The second-order valence-corrected chi connectivity index (χ2v) is 4.07. The number of anilines is 1.